The molecule has 0 atom stereocenters. The fourth-order valence-corrected chi connectivity index (χ4v) is 1.50. The molecule has 3 N–H and O–H groups in total. The summed E-state index contributed by atoms with van der Waals surface area (Å²) < 4.78 is 0. The number of nitro groups is 1. The molecule has 5 heteroatoms. The molecule has 0 radical (unpaired) electrons. The zero-order valence-electron chi connectivity index (χ0n) is 8.49. The number of benzene rings is 1. The Labute approximate surface area is 87.4 Å². The van der Waals surface area contributed by atoms with Crippen LogP contribution in [0.25, 0.3) is 0 Å². The van der Waals surface area contributed by atoms with Gasteiger partial charge in [-0.25, -0.2) is 0 Å². The first-order chi connectivity index (χ1) is 7.02. The van der Waals surface area contributed by atoms with E-state index in [9.17, 15) is 10.1 Å². The molecule has 15 heavy (non-hydrogen) atoms. The largest absolute Gasteiger partial charge is 0.393 e. The molecule has 0 saturated heterocycles. The fourth-order valence-electron chi connectivity index (χ4n) is 1.50. The smallest absolute Gasteiger partial charge is 0.314 e. The summed E-state index contributed by atoms with van der Waals surface area (Å²) in [4.78, 5) is 10.4. The number of nitrogens with two attached hydrogens (primary N) is 1. The van der Waals surface area contributed by atoms with E-state index in [-0.39, 0.29) is 16.9 Å². The molecule has 2 rings (SSSR count). The molecule has 1 aromatic carbocycles. The first kappa shape index (κ1) is 9.76. The highest BCUT2D eigenvalue weighted by Crippen LogP contribution is 2.41. The predicted octanol–water partition coefficient (Wildman–Crippen LogP) is 2.14. The average Bonchev–Trinajstić information content (AvgIpc) is 2.82. The maximum atomic E-state index is 10.8. The quantitative estimate of drug-likeness (QED) is 0.452. The van der Waals surface area contributed by atoms with Gasteiger partial charge in [0.25, 0.3) is 0 Å². The van der Waals surface area contributed by atoms with Crippen LogP contribution in [0.15, 0.2) is 18.2 Å². The molecule has 1 aromatic rings. The van der Waals surface area contributed by atoms with Gasteiger partial charge in [-0.2, -0.15) is 0 Å². The first-order valence-corrected chi connectivity index (χ1v) is 4.83. The van der Waals surface area contributed by atoms with E-state index in [4.69, 9.17) is 5.73 Å². The number of nitrogens with one attached hydrogen (secondary N) is 1. The van der Waals surface area contributed by atoms with E-state index in [0.717, 1.165) is 12.8 Å². The topological polar surface area (TPSA) is 81.2 Å². The van der Waals surface area contributed by atoms with Gasteiger partial charge >= 0.3 is 5.69 Å². The van der Waals surface area contributed by atoms with Crippen molar-refractivity contribution in [3.8, 4) is 0 Å². The van der Waals surface area contributed by atoms with Gasteiger partial charge in [-0.15, -0.1) is 0 Å². The Morgan fingerprint density at radius 3 is 2.73 bits per heavy atom. The molecular weight excluding hydrogens is 194 g/mol. The number of nitro benzene ring substituents is 1. The molecular formula is C10H13N3O2. The lowest BCUT2D eigenvalue weighted by Gasteiger charge is -2.13. The number of anilines is 2. The molecule has 5 nitrogen and oxygen atoms in total. The molecule has 1 fully saturated rings. The Hall–Kier alpha value is -1.78. The van der Waals surface area contributed by atoms with Gasteiger partial charge in [-0.05, 0) is 31.9 Å². The number of hydrogen-bond donors (Lipinski definition) is 2. The lowest BCUT2D eigenvalue weighted by molar-refractivity contribution is -0.383. The Morgan fingerprint density at radius 2 is 2.20 bits per heavy atom. The molecule has 0 spiro atoms. The van der Waals surface area contributed by atoms with Gasteiger partial charge in [0.05, 0.1) is 4.92 Å². The number of rotatable bonds is 3. The van der Waals surface area contributed by atoms with E-state index in [1.165, 1.54) is 0 Å². The Bertz CT molecular complexity index is 413. The predicted molar refractivity (Wildman–Crippen MR) is 58.8 cm³/mol. The molecule has 1 aliphatic rings. The van der Waals surface area contributed by atoms with Crippen LogP contribution in [0.3, 0.4) is 0 Å². The Morgan fingerprint density at radius 1 is 1.53 bits per heavy atom. The van der Waals surface area contributed by atoms with Crippen LogP contribution in [0.5, 0.6) is 0 Å². The van der Waals surface area contributed by atoms with Crippen molar-refractivity contribution in [3.05, 3.63) is 28.3 Å². The summed E-state index contributed by atoms with van der Waals surface area (Å²) in [6.07, 6.45) is 2.08. The maximum absolute atomic E-state index is 10.8. The summed E-state index contributed by atoms with van der Waals surface area (Å²) in [6.45, 7) is 2.04. The molecule has 0 heterocycles. The molecule has 0 amide bonds. The van der Waals surface area contributed by atoms with Crippen molar-refractivity contribution in [1.29, 1.82) is 0 Å². The van der Waals surface area contributed by atoms with Gasteiger partial charge < -0.3 is 11.1 Å². The van der Waals surface area contributed by atoms with E-state index < -0.39 is 4.92 Å². The van der Waals surface area contributed by atoms with Crippen LogP contribution in [-0.4, -0.2) is 10.5 Å². The first-order valence-electron chi connectivity index (χ1n) is 4.83. The maximum Gasteiger partial charge on any atom is 0.314 e. The second-order valence-electron chi connectivity index (χ2n) is 4.19. The average molecular weight is 207 g/mol. The van der Waals surface area contributed by atoms with Crippen molar-refractivity contribution in [2.75, 3.05) is 11.1 Å². The van der Waals surface area contributed by atoms with Crippen molar-refractivity contribution < 1.29 is 4.92 Å². The third-order valence-electron chi connectivity index (χ3n) is 2.69. The molecule has 80 valence electrons. The van der Waals surface area contributed by atoms with Crippen LogP contribution in [0.4, 0.5) is 17.1 Å². The van der Waals surface area contributed by atoms with Gasteiger partial charge in [0, 0.05) is 5.54 Å². The Kier molecular flexibility index (Phi) is 2.03. The molecule has 0 unspecified atom stereocenters. The van der Waals surface area contributed by atoms with Crippen LogP contribution in [0, 0.1) is 10.1 Å². The van der Waals surface area contributed by atoms with E-state index >= 15 is 0 Å². The Balaban J connectivity index is 2.37. The normalized spacial score (nSPS) is 17.1. The molecule has 0 bridgehead atoms. The minimum absolute atomic E-state index is 0.0125. The van der Waals surface area contributed by atoms with Crippen molar-refractivity contribution in [3.63, 3.8) is 0 Å². The third-order valence-corrected chi connectivity index (χ3v) is 2.69. The zero-order chi connectivity index (χ0) is 11.1. The van der Waals surface area contributed by atoms with Gasteiger partial charge in [0.15, 0.2) is 0 Å². The zero-order valence-corrected chi connectivity index (χ0v) is 8.49. The van der Waals surface area contributed by atoms with Crippen LogP contribution in [0.1, 0.15) is 19.8 Å². The van der Waals surface area contributed by atoms with Crippen LogP contribution < -0.4 is 11.1 Å². The van der Waals surface area contributed by atoms with Crippen molar-refractivity contribution >= 4 is 17.1 Å². The van der Waals surface area contributed by atoms with Gasteiger partial charge in [0.2, 0.25) is 0 Å². The number of nitrogens with zero attached hydrogens (tertiary/aromatic N) is 1. The number of hydrogen-bond acceptors (Lipinski definition) is 4. The van der Waals surface area contributed by atoms with Gasteiger partial charge in [-0.1, -0.05) is 6.07 Å². The van der Waals surface area contributed by atoms with E-state index in [1.54, 1.807) is 18.2 Å². The lowest BCUT2D eigenvalue weighted by Crippen LogP contribution is -2.17. The molecule has 1 aliphatic carbocycles. The molecule has 1 saturated carbocycles. The summed E-state index contributed by atoms with van der Waals surface area (Å²) in [6, 6.07) is 4.95. The second kappa shape index (κ2) is 3.12. The highest BCUT2D eigenvalue weighted by atomic mass is 16.6. The summed E-state index contributed by atoms with van der Waals surface area (Å²) >= 11 is 0. The van der Waals surface area contributed by atoms with Crippen molar-refractivity contribution in [2.45, 2.75) is 25.3 Å². The number of para-hydroxylation sites is 1. The van der Waals surface area contributed by atoms with E-state index in [0.29, 0.717) is 5.69 Å². The highest BCUT2D eigenvalue weighted by molar-refractivity contribution is 5.75. The van der Waals surface area contributed by atoms with Crippen LogP contribution in [-0.2, 0) is 0 Å². The van der Waals surface area contributed by atoms with E-state index in [1.807, 2.05) is 6.92 Å². The van der Waals surface area contributed by atoms with Gasteiger partial charge in [-0.3, -0.25) is 10.1 Å². The summed E-state index contributed by atoms with van der Waals surface area (Å²) in [5, 5.41) is 14.0. The van der Waals surface area contributed by atoms with Crippen LogP contribution in [0.2, 0.25) is 0 Å². The number of nitrogen functional groups attached to an aromatic ring is 1. The molecule has 0 aliphatic heterocycles. The summed E-state index contributed by atoms with van der Waals surface area (Å²) in [5.74, 6) is 0. The SMILES string of the molecule is CC1(Nc2cccc(N)c2[N+](=O)[O-])CC1. The minimum atomic E-state index is -0.441. The van der Waals surface area contributed by atoms with E-state index in [2.05, 4.69) is 5.32 Å². The standard InChI is InChI=1S/C10H13N3O2/c1-10(5-6-10)12-8-4-2-3-7(11)9(8)13(14)15/h2-4,12H,5-6,11H2,1H3. The monoisotopic (exact) mass is 207 g/mol. The minimum Gasteiger partial charge on any atom is -0.393 e. The summed E-state index contributed by atoms with van der Waals surface area (Å²) in [5.41, 5.74) is 6.29. The fraction of sp³-hybridized carbons (Fsp3) is 0.400. The van der Waals surface area contributed by atoms with Crippen molar-refractivity contribution in [2.24, 2.45) is 0 Å². The second-order valence-corrected chi connectivity index (χ2v) is 4.19. The van der Waals surface area contributed by atoms with Gasteiger partial charge in [0.1, 0.15) is 11.4 Å². The third kappa shape index (κ3) is 1.86. The summed E-state index contributed by atoms with van der Waals surface area (Å²) in [7, 11) is 0. The molecule has 0 aromatic heterocycles. The van der Waals surface area contributed by atoms with Crippen LogP contribution >= 0.6 is 0 Å². The highest BCUT2D eigenvalue weighted by Gasteiger charge is 2.38. The lowest BCUT2D eigenvalue weighted by atomic mass is 10.2. The van der Waals surface area contributed by atoms with Crippen molar-refractivity contribution in [1.82, 2.24) is 0 Å².